The molecule has 1 saturated carbocycles. The number of allylic oxidation sites excluding steroid dienone is 2. The van der Waals surface area contributed by atoms with E-state index in [-0.39, 0.29) is 5.41 Å². The van der Waals surface area contributed by atoms with Crippen LogP contribution in [0.15, 0.2) is 29.8 Å². The third kappa shape index (κ3) is 1.95. The van der Waals surface area contributed by atoms with Crippen molar-refractivity contribution in [2.45, 2.75) is 57.4 Å². The summed E-state index contributed by atoms with van der Waals surface area (Å²) in [6.07, 6.45) is 2.74. The smallest absolute Gasteiger partial charge is 0.323 e. The zero-order valence-electron chi connectivity index (χ0n) is 13.6. The quantitative estimate of drug-likeness (QED) is 0.874. The predicted octanol–water partition coefficient (Wildman–Crippen LogP) is 3.72. The minimum absolute atomic E-state index is 0.00544. The van der Waals surface area contributed by atoms with Crippen molar-refractivity contribution in [2.75, 3.05) is 0 Å². The topological polar surface area (TPSA) is 63.3 Å². The summed E-state index contributed by atoms with van der Waals surface area (Å²) < 4.78 is 0. The predicted molar refractivity (Wildman–Crippen MR) is 88.6 cm³/mol. The minimum Gasteiger partial charge on any atom is -0.480 e. The molecule has 3 nitrogen and oxygen atoms in total. The third-order valence-corrected chi connectivity index (χ3v) is 5.85. The van der Waals surface area contributed by atoms with Gasteiger partial charge in [0.05, 0.1) is 0 Å². The molecule has 0 aromatic heterocycles. The second-order valence-electron chi connectivity index (χ2n) is 7.28. The van der Waals surface area contributed by atoms with Gasteiger partial charge in [0.15, 0.2) is 0 Å². The number of carboxylic acids is 1. The van der Waals surface area contributed by atoms with E-state index >= 15 is 0 Å². The molecule has 1 fully saturated rings. The maximum absolute atomic E-state index is 11.4. The minimum atomic E-state index is -1.05. The normalized spacial score (nSPS) is 31.0. The summed E-state index contributed by atoms with van der Waals surface area (Å²) >= 11 is 0. The van der Waals surface area contributed by atoms with E-state index in [4.69, 9.17) is 5.73 Å². The van der Waals surface area contributed by atoms with E-state index < -0.39 is 11.5 Å². The first kappa shape index (κ1) is 15.3. The molecule has 0 atom stereocenters. The average Bonchev–Trinajstić information content (AvgIpc) is 2.72. The molecule has 3 heteroatoms. The van der Waals surface area contributed by atoms with Gasteiger partial charge in [0.25, 0.3) is 0 Å². The number of hydrogen-bond acceptors (Lipinski definition) is 2. The molecule has 0 saturated heterocycles. The van der Waals surface area contributed by atoms with Crippen molar-refractivity contribution in [1.82, 2.24) is 0 Å². The van der Waals surface area contributed by atoms with Gasteiger partial charge < -0.3 is 10.8 Å². The van der Waals surface area contributed by atoms with Crippen molar-refractivity contribution in [3.05, 3.63) is 41.0 Å². The van der Waals surface area contributed by atoms with E-state index in [1.165, 1.54) is 22.3 Å². The Morgan fingerprint density at radius 1 is 1.18 bits per heavy atom. The van der Waals surface area contributed by atoms with Crippen molar-refractivity contribution >= 4 is 11.5 Å². The highest BCUT2D eigenvalue weighted by atomic mass is 16.4. The van der Waals surface area contributed by atoms with E-state index in [1.807, 2.05) is 0 Å². The summed E-state index contributed by atoms with van der Waals surface area (Å²) in [7, 11) is 0. The van der Waals surface area contributed by atoms with Gasteiger partial charge in [-0.05, 0) is 55.2 Å². The third-order valence-electron chi connectivity index (χ3n) is 5.85. The highest BCUT2D eigenvalue weighted by Gasteiger charge is 2.50. The summed E-state index contributed by atoms with van der Waals surface area (Å²) in [6.45, 7) is 6.71. The number of carbonyl (C=O) groups is 1. The molecule has 1 aromatic carbocycles. The van der Waals surface area contributed by atoms with Crippen LogP contribution < -0.4 is 5.73 Å². The van der Waals surface area contributed by atoms with E-state index in [9.17, 15) is 9.90 Å². The maximum atomic E-state index is 11.4. The van der Waals surface area contributed by atoms with Crippen LogP contribution in [0.2, 0.25) is 0 Å². The Labute approximate surface area is 132 Å². The number of aliphatic carboxylic acids is 1. The molecule has 118 valence electrons. The number of nitrogens with two attached hydrogens (primary N) is 1. The largest absolute Gasteiger partial charge is 0.480 e. The van der Waals surface area contributed by atoms with Gasteiger partial charge in [0, 0.05) is 5.41 Å². The summed E-state index contributed by atoms with van der Waals surface area (Å²) in [4.78, 5) is 11.4. The molecule has 0 aliphatic heterocycles. The summed E-state index contributed by atoms with van der Waals surface area (Å²) in [5.74, 6) is -0.385. The van der Waals surface area contributed by atoms with Crippen LogP contribution in [0.25, 0.3) is 5.57 Å². The number of carboxylic acid groups (broad SMARTS) is 1. The van der Waals surface area contributed by atoms with Crippen molar-refractivity contribution < 1.29 is 9.90 Å². The Bertz CT molecular complexity index is 649. The number of benzene rings is 1. The lowest BCUT2D eigenvalue weighted by molar-refractivity contribution is -0.145. The standard InChI is InChI=1S/C19H25NO2/c1-12(2)16-13(3)18(15-7-5-4-6-14(15)16)8-10-19(20,11-9-18)17(21)22/h4-7,12H,8-11,20H2,1-3H3,(H,21,22). The lowest BCUT2D eigenvalue weighted by atomic mass is 9.63. The van der Waals surface area contributed by atoms with E-state index in [1.54, 1.807) is 0 Å². The molecule has 1 aromatic rings. The molecular weight excluding hydrogens is 274 g/mol. The van der Waals surface area contributed by atoms with Gasteiger partial charge >= 0.3 is 5.97 Å². The molecule has 3 rings (SSSR count). The molecule has 0 bridgehead atoms. The van der Waals surface area contributed by atoms with Crippen LogP contribution in [0.1, 0.15) is 57.6 Å². The molecule has 1 spiro atoms. The lowest BCUT2D eigenvalue weighted by Crippen LogP contribution is -2.53. The Kier molecular flexibility index (Phi) is 3.44. The van der Waals surface area contributed by atoms with Crippen molar-refractivity contribution in [3.63, 3.8) is 0 Å². The number of hydrogen-bond donors (Lipinski definition) is 2. The zero-order chi connectivity index (χ0) is 16.1. The molecular formula is C19H25NO2. The van der Waals surface area contributed by atoms with E-state index in [2.05, 4.69) is 45.0 Å². The van der Waals surface area contributed by atoms with Crippen LogP contribution in [-0.2, 0) is 10.2 Å². The maximum Gasteiger partial charge on any atom is 0.323 e. The molecule has 0 amide bonds. The molecule has 0 radical (unpaired) electrons. The van der Waals surface area contributed by atoms with Gasteiger partial charge in [0.1, 0.15) is 5.54 Å². The molecule has 2 aliphatic rings. The fraction of sp³-hybridized carbons (Fsp3) is 0.526. The van der Waals surface area contributed by atoms with Gasteiger partial charge in [-0.25, -0.2) is 0 Å². The number of rotatable bonds is 2. The fourth-order valence-electron chi connectivity index (χ4n) is 4.52. The van der Waals surface area contributed by atoms with Crippen LogP contribution in [0.4, 0.5) is 0 Å². The van der Waals surface area contributed by atoms with E-state index in [0.29, 0.717) is 18.8 Å². The van der Waals surface area contributed by atoms with Crippen molar-refractivity contribution in [1.29, 1.82) is 0 Å². The molecule has 22 heavy (non-hydrogen) atoms. The monoisotopic (exact) mass is 299 g/mol. The zero-order valence-corrected chi connectivity index (χ0v) is 13.6. The highest BCUT2D eigenvalue weighted by molar-refractivity contribution is 5.82. The first-order valence-electron chi connectivity index (χ1n) is 8.15. The first-order chi connectivity index (χ1) is 10.3. The van der Waals surface area contributed by atoms with Crippen LogP contribution >= 0.6 is 0 Å². The van der Waals surface area contributed by atoms with Gasteiger partial charge in [-0.1, -0.05) is 43.7 Å². The summed E-state index contributed by atoms with van der Waals surface area (Å²) in [5.41, 5.74) is 10.6. The van der Waals surface area contributed by atoms with Crippen molar-refractivity contribution in [3.8, 4) is 0 Å². The Hall–Kier alpha value is -1.61. The van der Waals surface area contributed by atoms with Crippen LogP contribution in [-0.4, -0.2) is 16.6 Å². The molecule has 2 aliphatic carbocycles. The van der Waals surface area contributed by atoms with Gasteiger partial charge in [-0.2, -0.15) is 0 Å². The average molecular weight is 299 g/mol. The molecule has 0 heterocycles. The Balaban J connectivity index is 2.07. The van der Waals surface area contributed by atoms with Crippen LogP contribution in [0.5, 0.6) is 0 Å². The summed E-state index contributed by atoms with van der Waals surface area (Å²) in [6, 6.07) is 8.63. The first-order valence-corrected chi connectivity index (χ1v) is 8.15. The van der Waals surface area contributed by atoms with Gasteiger partial charge in [-0.15, -0.1) is 0 Å². The second kappa shape index (κ2) is 4.95. The Morgan fingerprint density at radius 2 is 1.77 bits per heavy atom. The van der Waals surface area contributed by atoms with Gasteiger partial charge in [0.2, 0.25) is 0 Å². The van der Waals surface area contributed by atoms with Gasteiger partial charge in [-0.3, -0.25) is 4.79 Å². The molecule has 0 unspecified atom stereocenters. The Morgan fingerprint density at radius 3 is 2.32 bits per heavy atom. The highest BCUT2D eigenvalue weighted by Crippen LogP contribution is 2.56. The summed E-state index contributed by atoms with van der Waals surface area (Å²) in [5, 5.41) is 9.39. The van der Waals surface area contributed by atoms with Crippen LogP contribution in [0.3, 0.4) is 0 Å². The second-order valence-corrected chi connectivity index (χ2v) is 7.28. The SMILES string of the molecule is CC1=C(C(C)C)c2ccccc2C12CCC(N)(C(=O)O)CC2. The van der Waals surface area contributed by atoms with Crippen molar-refractivity contribution in [2.24, 2.45) is 11.7 Å². The van der Waals surface area contributed by atoms with Crippen LogP contribution in [0, 0.1) is 5.92 Å². The number of fused-ring (bicyclic) bond motifs is 2. The molecule has 3 N–H and O–H groups in total. The van der Waals surface area contributed by atoms with E-state index in [0.717, 1.165) is 12.8 Å². The lowest BCUT2D eigenvalue weighted by Gasteiger charge is -2.42. The fourth-order valence-corrected chi connectivity index (χ4v) is 4.52.